The van der Waals surface area contributed by atoms with Gasteiger partial charge in [-0.25, -0.2) is 4.98 Å². The Morgan fingerprint density at radius 2 is 2.21 bits per heavy atom. The molecule has 0 fully saturated rings. The molecule has 0 saturated carbocycles. The van der Waals surface area contributed by atoms with E-state index >= 15 is 0 Å². The second kappa shape index (κ2) is 6.68. The molecule has 0 aliphatic heterocycles. The van der Waals surface area contributed by atoms with Crippen LogP contribution in [0.3, 0.4) is 0 Å². The lowest BCUT2D eigenvalue weighted by molar-refractivity contribution is 0.596. The quantitative estimate of drug-likeness (QED) is 0.875. The van der Waals surface area contributed by atoms with Crippen molar-refractivity contribution in [2.24, 2.45) is 0 Å². The molecule has 102 valence electrons. The Morgan fingerprint density at radius 1 is 1.37 bits per heavy atom. The summed E-state index contributed by atoms with van der Waals surface area (Å²) in [5.41, 5.74) is 2.56. The minimum Gasteiger partial charge on any atom is -0.355 e. The van der Waals surface area contributed by atoms with Crippen LogP contribution in [0.4, 0.5) is 5.82 Å². The lowest BCUT2D eigenvalue weighted by Crippen LogP contribution is -2.19. The van der Waals surface area contributed by atoms with Crippen LogP contribution in [-0.2, 0) is 6.54 Å². The summed E-state index contributed by atoms with van der Waals surface area (Å²) in [6, 6.07) is 6.76. The Bertz CT molecular complexity index is 479. The van der Waals surface area contributed by atoms with Crippen LogP contribution in [0, 0.1) is 0 Å². The Labute approximate surface area is 119 Å². The summed E-state index contributed by atoms with van der Waals surface area (Å²) in [6.07, 6.45) is 1.97. The van der Waals surface area contributed by atoms with Crippen LogP contribution in [-0.4, -0.2) is 18.6 Å². The van der Waals surface area contributed by atoms with Crippen LogP contribution in [0.25, 0.3) is 0 Å². The van der Waals surface area contributed by atoms with Crippen molar-refractivity contribution in [1.29, 1.82) is 0 Å². The fourth-order valence-corrected chi connectivity index (χ4v) is 2.70. The molecular weight excluding hydrogens is 254 g/mol. The Kier molecular flexibility index (Phi) is 4.93. The molecule has 2 aromatic rings. The minimum absolute atomic E-state index is 0.355. The standard InChI is InChI=1S/C15H21N3S/c1-4-16-12(2)14-5-6-15(17-9-14)18(3)10-13-7-8-19-11-13/h5-9,11-12,16H,4,10H2,1-3H3. The summed E-state index contributed by atoms with van der Waals surface area (Å²) in [6.45, 7) is 6.15. The average molecular weight is 275 g/mol. The van der Waals surface area contributed by atoms with Gasteiger partial charge >= 0.3 is 0 Å². The minimum atomic E-state index is 0.355. The van der Waals surface area contributed by atoms with Crippen molar-refractivity contribution in [1.82, 2.24) is 10.3 Å². The lowest BCUT2D eigenvalue weighted by Gasteiger charge is -2.19. The van der Waals surface area contributed by atoms with E-state index in [1.165, 1.54) is 11.1 Å². The number of hydrogen-bond donors (Lipinski definition) is 1. The van der Waals surface area contributed by atoms with Gasteiger partial charge in [0.2, 0.25) is 0 Å². The van der Waals surface area contributed by atoms with Crippen LogP contribution in [0.2, 0.25) is 0 Å². The molecule has 0 saturated heterocycles. The number of anilines is 1. The van der Waals surface area contributed by atoms with Crippen molar-refractivity contribution in [3.63, 3.8) is 0 Å². The second-order valence-electron chi connectivity index (χ2n) is 4.72. The summed E-state index contributed by atoms with van der Waals surface area (Å²) in [7, 11) is 2.08. The number of hydrogen-bond acceptors (Lipinski definition) is 4. The molecule has 0 amide bonds. The average Bonchev–Trinajstić information content (AvgIpc) is 2.92. The van der Waals surface area contributed by atoms with E-state index in [0.29, 0.717) is 6.04 Å². The van der Waals surface area contributed by atoms with E-state index in [9.17, 15) is 0 Å². The molecule has 2 rings (SSSR count). The highest BCUT2D eigenvalue weighted by molar-refractivity contribution is 7.07. The smallest absolute Gasteiger partial charge is 0.128 e. The highest BCUT2D eigenvalue weighted by Crippen LogP contribution is 2.17. The van der Waals surface area contributed by atoms with Gasteiger partial charge in [0.25, 0.3) is 0 Å². The molecule has 0 bridgehead atoms. The number of nitrogens with one attached hydrogen (secondary N) is 1. The molecule has 0 aromatic carbocycles. The molecule has 0 aliphatic rings. The van der Waals surface area contributed by atoms with Crippen molar-refractivity contribution in [2.75, 3.05) is 18.5 Å². The molecule has 1 N–H and O–H groups in total. The van der Waals surface area contributed by atoms with E-state index in [2.05, 4.69) is 65.1 Å². The Hall–Kier alpha value is -1.39. The maximum Gasteiger partial charge on any atom is 0.128 e. The predicted octanol–water partition coefficient (Wildman–Crippen LogP) is 3.45. The molecule has 0 radical (unpaired) electrons. The van der Waals surface area contributed by atoms with Gasteiger partial charge in [0.05, 0.1) is 0 Å². The fraction of sp³-hybridized carbons (Fsp3) is 0.400. The predicted molar refractivity (Wildman–Crippen MR) is 82.8 cm³/mol. The van der Waals surface area contributed by atoms with Gasteiger partial charge in [-0.1, -0.05) is 13.0 Å². The van der Waals surface area contributed by atoms with Gasteiger partial charge in [-0.3, -0.25) is 0 Å². The number of rotatable bonds is 6. The van der Waals surface area contributed by atoms with Crippen LogP contribution in [0.5, 0.6) is 0 Å². The normalized spacial score (nSPS) is 12.4. The number of thiophene rings is 1. The maximum absolute atomic E-state index is 4.55. The van der Waals surface area contributed by atoms with Crippen molar-refractivity contribution in [2.45, 2.75) is 26.4 Å². The van der Waals surface area contributed by atoms with Crippen LogP contribution < -0.4 is 10.2 Å². The zero-order valence-corrected chi connectivity index (χ0v) is 12.6. The largest absolute Gasteiger partial charge is 0.355 e. The number of aromatic nitrogens is 1. The first-order valence-electron chi connectivity index (χ1n) is 6.62. The Balaban J connectivity index is 2.01. The zero-order chi connectivity index (χ0) is 13.7. The fourth-order valence-electron chi connectivity index (χ4n) is 2.04. The monoisotopic (exact) mass is 275 g/mol. The van der Waals surface area contributed by atoms with Crippen LogP contribution in [0.15, 0.2) is 35.2 Å². The lowest BCUT2D eigenvalue weighted by atomic mass is 10.1. The van der Waals surface area contributed by atoms with Gasteiger partial charge in [-0.2, -0.15) is 11.3 Å². The summed E-state index contributed by atoms with van der Waals surface area (Å²) in [5, 5.41) is 7.68. The van der Waals surface area contributed by atoms with E-state index in [4.69, 9.17) is 0 Å². The topological polar surface area (TPSA) is 28.2 Å². The molecule has 2 heterocycles. The molecule has 1 atom stereocenters. The third-order valence-electron chi connectivity index (χ3n) is 3.17. The first-order valence-corrected chi connectivity index (χ1v) is 7.56. The molecular formula is C15H21N3S. The van der Waals surface area contributed by atoms with E-state index in [-0.39, 0.29) is 0 Å². The third kappa shape index (κ3) is 3.78. The summed E-state index contributed by atoms with van der Waals surface area (Å²) in [4.78, 5) is 6.72. The van der Waals surface area contributed by atoms with Crippen molar-refractivity contribution in [3.05, 3.63) is 46.3 Å². The van der Waals surface area contributed by atoms with Crippen molar-refractivity contribution >= 4 is 17.2 Å². The molecule has 1 unspecified atom stereocenters. The van der Waals surface area contributed by atoms with Crippen molar-refractivity contribution < 1.29 is 0 Å². The van der Waals surface area contributed by atoms with E-state index in [1.54, 1.807) is 11.3 Å². The zero-order valence-electron chi connectivity index (χ0n) is 11.8. The van der Waals surface area contributed by atoms with Crippen molar-refractivity contribution in [3.8, 4) is 0 Å². The summed E-state index contributed by atoms with van der Waals surface area (Å²) >= 11 is 1.73. The van der Waals surface area contributed by atoms with Crippen LogP contribution >= 0.6 is 11.3 Å². The van der Waals surface area contributed by atoms with E-state index in [1.807, 2.05) is 6.20 Å². The Morgan fingerprint density at radius 3 is 2.79 bits per heavy atom. The van der Waals surface area contributed by atoms with E-state index in [0.717, 1.165) is 18.9 Å². The van der Waals surface area contributed by atoms with Gasteiger partial charge in [0, 0.05) is 25.8 Å². The van der Waals surface area contributed by atoms with Gasteiger partial charge in [0.1, 0.15) is 5.82 Å². The summed E-state index contributed by atoms with van der Waals surface area (Å²) in [5.74, 6) is 1.01. The molecule has 0 aliphatic carbocycles. The van der Waals surface area contributed by atoms with Gasteiger partial charge in [-0.15, -0.1) is 0 Å². The summed E-state index contributed by atoms with van der Waals surface area (Å²) < 4.78 is 0. The SMILES string of the molecule is CCNC(C)c1ccc(N(C)Cc2ccsc2)nc1. The first kappa shape index (κ1) is 14.0. The molecule has 2 aromatic heterocycles. The molecule has 3 nitrogen and oxygen atoms in total. The number of nitrogens with zero attached hydrogens (tertiary/aromatic N) is 2. The molecule has 0 spiro atoms. The van der Waals surface area contributed by atoms with Gasteiger partial charge in [0.15, 0.2) is 0 Å². The first-order chi connectivity index (χ1) is 9.20. The second-order valence-corrected chi connectivity index (χ2v) is 5.50. The molecule has 4 heteroatoms. The maximum atomic E-state index is 4.55. The highest BCUT2D eigenvalue weighted by Gasteiger charge is 2.07. The molecule has 19 heavy (non-hydrogen) atoms. The third-order valence-corrected chi connectivity index (χ3v) is 3.90. The van der Waals surface area contributed by atoms with Gasteiger partial charge < -0.3 is 10.2 Å². The van der Waals surface area contributed by atoms with E-state index < -0.39 is 0 Å². The van der Waals surface area contributed by atoms with Gasteiger partial charge in [-0.05, 0) is 47.5 Å². The number of pyridine rings is 1. The highest BCUT2D eigenvalue weighted by atomic mass is 32.1. The van der Waals surface area contributed by atoms with Crippen LogP contribution in [0.1, 0.15) is 31.0 Å².